The van der Waals surface area contributed by atoms with Crippen molar-refractivity contribution in [3.63, 3.8) is 0 Å². The number of benzene rings is 2. The van der Waals surface area contributed by atoms with Crippen molar-refractivity contribution in [1.82, 2.24) is 0 Å². The number of nitrogens with one attached hydrogen (secondary N) is 1. The van der Waals surface area contributed by atoms with Gasteiger partial charge < -0.3 is 15.2 Å². The zero-order valence-corrected chi connectivity index (χ0v) is 18.4. The van der Waals surface area contributed by atoms with Gasteiger partial charge in [0.15, 0.2) is 0 Å². The van der Waals surface area contributed by atoms with Gasteiger partial charge in [0.1, 0.15) is 18.2 Å². The van der Waals surface area contributed by atoms with Gasteiger partial charge in [0.25, 0.3) is 0 Å². The molecule has 7 heteroatoms. The molecule has 4 nitrogen and oxygen atoms in total. The predicted molar refractivity (Wildman–Crippen MR) is 112 cm³/mol. The van der Waals surface area contributed by atoms with Crippen LogP contribution < -0.4 is 10.1 Å². The molecule has 2 aromatic carbocycles. The van der Waals surface area contributed by atoms with Crippen LogP contribution in [0.25, 0.3) is 0 Å². The van der Waals surface area contributed by atoms with Gasteiger partial charge in [0, 0.05) is 23.7 Å². The van der Waals surface area contributed by atoms with Crippen molar-refractivity contribution in [3.05, 3.63) is 56.2 Å². The lowest BCUT2D eigenvalue weighted by Crippen LogP contribution is -2.13. The van der Waals surface area contributed by atoms with Gasteiger partial charge in [-0.25, -0.2) is 4.39 Å². The second-order valence-corrected chi connectivity index (χ2v) is 8.04. The summed E-state index contributed by atoms with van der Waals surface area (Å²) in [6.07, 6.45) is 1.45. The maximum Gasteiger partial charge on any atom is 0.303 e. The minimum Gasteiger partial charge on any atom is -0.486 e. The molecule has 0 heterocycles. The zero-order valence-electron chi connectivity index (χ0n) is 15.2. The lowest BCUT2D eigenvalue weighted by molar-refractivity contribution is -0.136. The van der Waals surface area contributed by atoms with Crippen molar-refractivity contribution in [1.29, 1.82) is 0 Å². The Morgan fingerprint density at radius 2 is 1.93 bits per heavy atom. The molecule has 2 aromatic rings. The fourth-order valence-corrected chi connectivity index (χ4v) is 3.97. The maximum absolute atomic E-state index is 14.1. The summed E-state index contributed by atoms with van der Waals surface area (Å²) in [5, 5.41) is 12.1. The van der Waals surface area contributed by atoms with Crippen LogP contribution >= 0.6 is 31.9 Å². The molecule has 0 bridgehead atoms. The fraction of sp³-hybridized carbons (Fsp3) is 0.350. The molecule has 0 spiro atoms. The van der Waals surface area contributed by atoms with Crippen LogP contribution in [0, 0.1) is 5.82 Å². The quantitative estimate of drug-likeness (QED) is 0.431. The molecule has 0 aliphatic rings. The van der Waals surface area contributed by atoms with E-state index >= 15 is 0 Å². The van der Waals surface area contributed by atoms with Crippen molar-refractivity contribution < 1.29 is 19.0 Å². The lowest BCUT2D eigenvalue weighted by Gasteiger charge is -2.16. The number of aliphatic carboxylic acids is 1. The third-order valence-corrected chi connectivity index (χ3v) is 5.31. The Kier molecular flexibility index (Phi) is 8.10. The summed E-state index contributed by atoms with van der Waals surface area (Å²) < 4.78 is 21.3. The molecule has 0 fully saturated rings. The van der Waals surface area contributed by atoms with E-state index in [1.54, 1.807) is 12.1 Å². The highest BCUT2D eigenvalue weighted by Crippen LogP contribution is 2.36. The molecule has 1 atom stereocenters. The molecule has 0 amide bonds. The van der Waals surface area contributed by atoms with E-state index in [9.17, 15) is 9.18 Å². The largest absolute Gasteiger partial charge is 0.486 e. The highest BCUT2D eigenvalue weighted by atomic mass is 79.9. The highest BCUT2D eigenvalue weighted by molar-refractivity contribution is 9.11. The Morgan fingerprint density at radius 3 is 2.52 bits per heavy atom. The van der Waals surface area contributed by atoms with E-state index in [0.717, 1.165) is 17.7 Å². The second-order valence-electron chi connectivity index (χ2n) is 6.33. The Morgan fingerprint density at radius 1 is 1.26 bits per heavy atom. The van der Waals surface area contributed by atoms with Gasteiger partial charge in [-0.05, 0) is 87.5 Å². The molecule has 2 rings (SSSR count). The van der Waals surface area contributed by atoms with E-state index < -0.39 is 5.97 Å². The third kappa shape index (κ3) is 6.50. The minimum absolute atomic E-state index is 0.0558. The summed E-state index contributed by atoms with van der Waals surface area (Å²) >= 11 is 6.89. The topological polar surface area (TPSA) is 58.6 Å². The van der Waals surface area contributed by atoms with Gasteiger partial charge >= 0.3 is 5.97 Å². The van der Waals surface area contributed by atoms with Gasteiger partial charge in [0.2, 0.25) is 0 Å². The van der Waals surface area contributed by atoms with Crippen molar-refractivity contribution in [2.45, 2.75) is 45.8 Å². The smallest absolute Gasteiger partial charge is 0.303 e. The number of aryl methyl sites for hydroxylation is 1. The van der Waals surface area contributed by atoms with E-state index in [1.165, 1.54) is 6.07 Å². The van der Waals surface area contributed by atoms with E-state index in [4.69, 9.17) is 9.84 Å². The van der Waals surface area contributed by atoms with Crippen molar-refractivity contribution in [3.8, 4) is 5.75 Å². The summed E-state index contributed by atoms with van der Waals surface area (Å²) in [4.78, 5) is 10.7. The van der Waals surface area contributed by atoms with E-state index in [1.807, 2.05) is 12.1 Å². The first-order valence-electron chi connectivity index (χ1n) is 8.67. The summed E-state index contributed by atoms with van der Waals surface area (Å²) in [5.74, 6) is -0.618. The van der Waals surface area contributed by atoms with Crippen LogP contribution in [0.2, 0.25) is 0 Å². The lowest BCUT2D eigenvalue weighted by atomic mass is 10.1. The van der Waals surface area contributed by atoms with Gasteiger partial charge in [-0.3, -0.25) is 4.79 Å². The number of hydrogen-bond donors (Lipinski definition) is 2. The monoisotopic (exact) mass is 501 g/mol. The number of hydrogen-bond acceptors (Lipinski definition) is 3. The van der Waals surface area contributed by atoms with Crippen LogP contribution in [0.4, 0.5) is 10.1 Å². The summed E-state index contributed by atoms with van der Waals surface area (Å²) in [7, 11) is 0. The first kappa shape index (κ1) is 21.7. The Bertz CT molecular complexity index is 791. The molecular formula is C20H22Br2FNO3. The van der Waals surface area contributed by atoms with Crippen molar-refractivity contribution in [2.75, 3.05) is 5.32 Å². The second kappa shape index (κ2) is 10.1. The first-order chi connectivity index (χ1) is 12.8. The normalized spacial score (nSPS) is 11.9. The van der Waals surface area contributed by atoms with Crippen LogP contribution in [-0.4, -0.2) is 17.1 Å². The molecule has 0 saturated carbocycles. The number of anilines is 1. The molecule has 1 unspecified atom stereocenters. The summed E-state index contributed by atoms with van der Waals surface area (Å²) in [5.41, 5.74) is 2.18. The molecular weight excluding hydrogens is 481 g/mol. The number of carboxylic acids is 1. The molecule has 0 aliphatic carbocycles. The van der Waals surface area contributed by atoms with Crippen LogP contribution in [0.15, 0.2) is 39.3 Å². The van der Waals surface area contributed by atoms with Crippen LogP contribution in [0.5, 0.6) is 5.75 Å². The molecule has 0 aliphatic heterocycles. The summed E-state index contributed by atoms with van der Waals surface area (Å²) in [6, 6.07) is 8.84. The van der Waals surface area contributed by atoms with Crippen molar-refractivity contribution >= 4 is 43.5 Å². The Hall–Kier alpha value is -1.60. The molecule has 27 heavy (non-hydrogen) atoms. The number of halogens is 3. The third-order valence-electron chi connectivity index (χ3n) is 4.13. The molecule has 0 radical (unpaired) electrons. The fourth-order valence-electron chi connectivity index (χ4n) is 2.46. The van der Waals surface area contributed by atoms with Crippen molar-refractivity contribution in [2.24, 2.45) is 0 Å². The van der Waals surface area contributed by atoms with E-state index in [-0.39, 0.29) is 18.8 Å². The minimum atomic E-state index is -0.844. The SMILES string of the molecule is CCC(C)Nc1ccc(F)c(COc2c(Br)cc(CCC(=O)O)cc2Br)c1. The zero-order chi connectivity index (χ0) is 20.0. The van der Waals surface area contributed by atoms with E-state index in [2.05, 4.69) is 51.0 Å². The molecule has 0 aromatic heterocycles. The van der Waals surface area contributed by atoms with Gasteiger partial charge in [0.05, 0.1) is 8.95 Å². The average molecular weight is 503 g/mol. The van der Waals surface area contributed by atoms with Gasteiger partial charge in [-0.2, -0.15) is 0 Å². The number of rotatable bonds is 9. The number of carbonyl (C=O) groups is 1. The predicted octanol–water partition coefficient (Wildman–Crippen LogP) is 6.16. The summed E-state index contributed by atoms with van der Waals surface area (Å²) in [6.45, 7) is 4.23. The Labute approximate surface area is 175 Å². The van der Waals surface area contributed by atoms with Gasteiger partial charge in [-0.15, -0.1) is 0 Å². The number of carboxylic acid groups (broad SMARTS) is 1. The average Bonchev–Trinajstić information content (AvgIpc) is 2.61. The van der Waals surface area contributed by atoms with Crippen LogP contribution in [-0.2, 0) is 17.8 Å². The van der Waals surface area contributed by atoms with Crippen LogP contribution in [0.1, 0.15) is 37.8 Å². The molecule has 0 saturated heterocycles. The Balaban J connectivity index is 2.12. The molecule has 2 N–H and O–H groups in total. The van der Waals surface area contributed by atoms with E-state index in [0.29, 0.717) is 32.7 Å². The first-order valence-corrected chi connectivity index (χ1v) is 10.3. The highest BCUT2D eigenvalue weighted by Gasteiger charge is 2.12. The maximum atomic E-state index is 14.1. The van der Waals surface area contributed by atoms with Crippen LogP contribution in [0.3, 0.4) is 0 Å². The molecule has 146 valence electrons. The van der Waals surface area contributed by atoms with Gasteiger partial charge in [-0.1, -0.05) is 6.92 Å². The number of ether oxygens (including phenoxy) is 1. The standard InChI is InChI=1S/C20H22Br2FNO3/c1-3-12(2)24-15-5-6-18(23)14(10-15)11-27-20-16(21)8-13(9-17(20)22)4-7-19(25)26/h5-6,8-10,12,24H,3-4,7,11H2,1-2H3,(H,25,26).